The standard InChI is InChI=1S/C33H52O5.2Na.2H/c1-28(2)23-10-14-33(7)24(31(23,5)13-11-25(28)38-19-12-26(34)35)9-8-21-22-20-30(4,27(36)37)16-15-29(22,3)17-18-32(21,33)6;;;;/h8,22-25H,9-20H2,1-7H3,(H,34,35)(H,36,37);;;;/q;2*+1;2*-1/t22-,23-,24+,25-,29+,30-,31-,32+,33+;;;;/m0..../s1. The number of hydrogen-bond acceptors (Lipinski definition) is 3. The van der Waals surface area contributed by atoms with Gasteiger partial charge in [-0.3, -0.25) is 9.59 Å². The van der Waals surface area contributed by atoms with E-state index < -0.39 is 17.4 Å². The largest absolute Gasteiger partial charge is 1.00 e. The fourth-order valence-corrected chi connectivity index (χ4v) is 11.1. The number of aliphatic carboxylic acids is 2. The molecule has 5 aliphatic rings. The van der Waals surface area contributed by atoms with Crippen LogP contribution in [0, 0.1) is 50.2 Å². The number of carboxylic acid groups (broad SMARTS) is 2. The van der Waals surface area contributed by atoms with E-state index in [-0.39, 0.29) is 102 Å². The molecule has 40 heavy (non-hydrogen) atoms. The van der Waals surface area contributed by atoms with Gasteiger partial charge in [0.15, 0.2) is 0 Å². The van der Waals surface area contributed by atoms with Crippen molar-refractivity contribution in [2.45, 2.75) is 125 Å². The zero-order valence-corrected chi connectivity index (χ0v) is 31.0. The minimum atomic E-state index is -0.792. The zero-order valence-electron chi connectivity index (χ0n) is 29.0. The van der Waals surface area contributed by atoms with Gasteiger partial charge in [0.1, 0.15) is 0 Å². The molecule has 0 heterocycles. The summed E-state index contributed by atoms with van der Waals surface area (Å²) in [6, 6.07) is 0. The first kappa shape index (κ1) is 35.1. The van der Waals surface area contributed by atoms with Crippen LogP contribution in [0.3, 0.4) is 0 Å². The van der Waals surface area contributed by atoms with Gasteiger partial charge in [0.2, 0.25) is 0 Å². The summed E-state index contributed by atoms with van der Waals surface area (Å²) in [5.74, 6) is 0.105. The van der Waals surface area contributed by atoms with Crippen LogP contribution < -0.4 is 59.1 Å². The van der Waals surface area contributed by atoms with E-state index in [2.05, 4.69) is 47.6 Å². The van der Waals surface area contributed by atoms with Crippen LogP contribution in [0.5, 0.6) is 0 Å². The van der Waals surface area contributed by atoms with Crippen LogP contribution in [-0.2, 0) is 14.3 Å². The number of allylic oxidation sites excluding steroid dienone is 2. The number of rotatable bonds is 5. The molecule has 7 heteroatoms. The van der Waals surface area contributed by atoms with Crippen LogP contribution in [0.1, 0.15) is 122 Å². The van der Waals surface area contributed by atoms with Gasteiger partial charge < -0.3 is 17.8 Å². The van der Waals surface area contributed by atoms with Crippen LogP contribution in [0.2, 0.25) is 0 Å². The predicted octanol–water partition coefficient (Wildman–Crippen LogP) is 1.97. The Hall–Kier alpha value is 0.640. The molecule has 4 fully saturated rings. The second-order valence-corrected chi connectivity index (χ2v) is 15.9. The van der Waals surface area contributed by atoms with Crippen LogP contribution >= 0.6 is 0 Å². The molecular formula is C33H54Na2O5. The third-order valence-electron chi connectivity index (χ3n) is 13.9. The molecule has 9 atom stereocenters. The van der Waals surface area contributed by atoms with Gasteiger partial charge in [0.25, 0.3) is 0 Å². The van der Waals surface area contributed by atoms with E-state index in [1.165, 1.54) is 25.7 Å². The molecule has 0 aliphatic heterocycles. The minimum Gasteiger partial charge on any atom is -1.00 e. The first-order valence-corrected chi connectivity index (χ1v) is 15.3. The van der Waals surface area contributed by atoms with Crippen LogP contribution in [0.25, 0.3) is 0 Å². The summed E-state index contributed by atoms with van der Waals surface area (Å²) in [7, 11) is 0. The summed E-state index contributed by atoms with van der Waals surface area (Å²) in [4.78, 5) is 23.4. The molecule has 0 aromatic rings. The fraction of sp³-hybridized carbons (Fsp3) is 0.879. The molecular weight excluding hydrogens is 522 g/mol. The zero-order chi connectivity index (χ0) is 27.9. The van der Waals surface area contributed by atoms with Crippen molar-refractivity contribution in [2.75, 3.05) is 6.61 Å². The van der Waals surface area contributed by atoms with E-state index >= 15 is 0 Å². The van der Waals surface area contributed by atoms with Crippen LogP contribution in [-0.4, -0.2) is 34.9 Å². The molecule has 0 radical (unpaired) electrons. The Bertz CT molecular complexity index is 1050. The van der Waals surface area contributed by atoms with Gasteiger partial charge in [-0.05, 0) is 116 Å². The van der Waals surface area contributed by atoms with E-state index in [4.69, 9.17) is 9.84 Å². The average molecular weight is 577 g/mol. The van der Waals surface area contributed by atoms with Crippen molar-refractivity contribution in [3.8, 4) is 0 Å². The number of carbonyl (C=O) groups is 2. The molecule has 5 rings (SSSR count). The summed E-state index contributed by atoms with van der Waals surface area (Å²) >= 11 is 0. The number of fused-ring (bicyclic) bond motifs is 7. The van der Waals surface area contributed by atoms with Crippen molar-refractivity contribution < 1.29 is 86.5 Å². The molecule has 5 aliphatic carbocycles. The summed E-state index contributed by atoms with van der Waals surface area (Å²) in [5, 5.41) is 19.2. The Kier molecular flexibility index (Phi) is 10.1. The predicted molar refractivity (Wildman–Crippen MR) is 151 cm³/mol. The second kappa shape index (κ2) is 11.5. The smallest absolute Gasteiger partial charge is 1.00 e. The molecule has 0 bridgehead atoms. The normalized spacial score (nSPS) is 47.0. The van der Waals surface area contributed by atoms with Gasteiger partial charge in [0, 0.05) is 0 Å². The molecule has 0 saturated heterocycles. The molecule has 218 valence electrons. The Balaban J connectivity index is 0.00000220. The van der Waals surface area contributed by atoms with E-state index in [1.54, 1.807) is 5.57 Å². The van der Waals surface area contributed by atoms with Gasteiger partial charge in [-0.2, -0.15) is 0 Å². The first-order valence-electron chi connectivity index (χ1n) is 15.3. The van der Waals surface area contributed by atoms with Crippen LogP contribution in [0.15, 0.2) is 11.6 Å². The molecule has 0 spiro atoms. The average Bonchev–Trinajstić information content (AvgIpc) is 2.82. The van der Waals surface area contributed by atoms with E-state index in [0.717, 1.165) is 38.5 Å². The Morgan fingerprint density at radius 2 is 1.55 bits per heavy atom. The molecule has 5 nitrogen and oxygen atoms in total. The van der Waals surface area contributed by atoms with Gasteiger partial charge in [-0.15, -0.1) is 0 Å². The number of hydrogen-bond donors (Lipinski definition) is 2. The second-order valence-electron chi connectivity index (χ2n) is 15.9. The molecule has 0 amide bonds. The van der Waals surface area contributed by atoms with Crippen molar-refractivity contribution in [3.63, 3.8) is 0 Å². The molecule has 2 N–H and O–H groups in total. The van der Waals surface area contributed by atoms with Crippen LogP contribution in [0.4, 0.5) is 0 Å². The SMILES string of the molecule is CC1(C)[C@@H](OCCC(=O)O)CC[C@]2(C)[C@H]3CC=C4[C@@H]5C[C@@](C)(C(=O)O)CC[C@]5(C)CC[C@@]4(C)[C@]3(C)CC[C@@H]12.[H-].[H-].[Na+].[Na+]. The monoisotopic (exact) mass is 576 g/mol. The Morgan fingerprint density at radius 1 is 0.900 bits per heavy atom. The van der Waals surface area contributed by atoms with Crippen molar-refractivity contribution >= 4 is 11.9 Å². The maximum atomic E-state index is 12.3. The Labute approximate surface area is 290 Å². The van der Waals surface area contributed by atoms with Gasteiger partial charge in [0.05, 0.1) is 24.5 Å². The molecule has 0 unspecified atom stereocenters. The maximum Gasteiger partial charge on any atom is 1.00 e. The molecule has 0 aromatic carbocycles. The van der Waals surface area contributed by atoms with Crippen molar-refractivity contribution in [1.29, 1.82) is 0 Å². The van der Waals surface area contributed by atoms with Gasteiger partial charge >= 0.3 is 71.1 Å². The number of carboxylic acids is 2. The summed E-state index contributed by atoms with van der Waals surface area (Å²) in [6.07, 6.45) is 13.4. The topological polar surface area (TPSA) is 83.8 Å². The maximum absolute atomic E-state index is 12.3. The van der Waals surface area contributed by atoms with E-state index in [0.29, 0.717) is 24.4 Å². The molecule has 0 aromatic heterocycles. The first-order chi connectivity index (χ1) is 17.5. The molecule has 4 saturated carbocycles. The van der Waals surface area contributed by atoms with Crippen molar-refractivity contribution in [3.05, 3.63) is 11.6 Å². The summed E-state index contributed by atoms with van der Waals surface area (Å²) in [6.45, 7) is 17.2. The third-order valence-corrected chi connectivity index (χ3v) is 13.9. The van der Waals surface area contributed by atoms with Gasteiger partial charge in [-0.25, -0.2) is 0 Å². The van der Waals surface area contributed by atoms with Gasteiger partial charge in [-0.1, -0.05) is 53.2 Å². The fourth-order valence-electron chi connectivity index (χ4n) is 11.1. The Morgan fingerprint density at radius 3 is 2.17 bits per heavy atom. The summed E-state index contributed by atoms with van der Waals surface area (Å²) < 4.78 is 6.24. The third kappa shape index (κ3) is 5.10. The van der Waals surface area contributed by atoms with E-state index in [1.807, 2.05) is 6.92 Å². The number of ether oxygens (including phenoxy) is 1. The summed E-state index contributed by atoms with van der Waals surface area (Å²) in [5.41, 5.74) is 1.75. The quantitative estimate of drug-likeness (QED) is 0.386. The van der Waals surface area contributed by atoms with Crippen molar-refractivity contribution in [2.24, 2.45) is 50.2 Å². The minimum absolute atomic E-state index is 0. The van der Waals surface area contributed by atoms with E-state index in [9.17, 15) is 14.7 Å². The van der Waals surface area contributed by atoms with Crippen molar-refractivity contribution in [1.82, 2.24) is 0 Å².